The number of anilines is 1. The summed E-state index contributed by atoms with van der Waals surface area (Å²) in [6, 6.07) is 4.08. The molecule has 2 bridgehead atoms. The van der Waals surface area contributed by atoms with Crippen molar-refractivity contribution in [3.05, 3.63) is 27.6 Å². The molecule has 2 saturated heterocycles. The van der Waals surface area contributed by atoms with Crippen molar-refractivity contribution in [3.8, 4) is 0 Å². The quantitative estimate of drug-likeness (QED) is 0.394. The third kappa shape index (κ3) is 3.63. The number of ether oxygens (including phenoxy) is 1. The Morgan fingerprint density at radius 2 is 1.90 bits per heavy atom. The highest BCUT2D eigenvalue weighted by Crippen LogP contribution is 2.40. The highest BCUT2D eigenvalue weighted by Gasteiger charge is 2.45. The molecule has 5 rings (SSSR count). The second kappa shape index (κ2) is 7.24. The molecule has 2 aliphatic heterocycles. The van der Waals surface area contributed by atoms with Crippen LogP contribution in [0.1, 0.15) is 39.4 Å². The first kappa shape index (κ1) is 20.8. The number of hydrogen-bond donors (Lipinski definition) is 0. The van der Waals surface area contributed by atoms with E-state index in [-0.39, 0.29) is 23.5 Å². The smallest absolute Gasteiger partial charge is 0.410 e. The summed E-state index contributed by atoms with van der Waals surface area (Å²) >= 11 is 9.90. The minimum Gasteiger partial charge on any atom is -0.460 e. The summed E-state index contributed by atoms with van der Waals surface area (Å²) in [5.41, 5.74) is 1.02. The van der Waals surface area contributed by atoms with E-state index in [1.54, 1.807) is 0 Å². The molecule has 31 heavy (non-hydrogen) atoms. The Balaban J connectivity index is 1.56. The van der Waals surface area contributed by atoms with Gasteiger partial charge in [-0.15, -0.1) is 0 Å². The average Bonchev–Trinajstić information content (AvgIpc) is 3.17. The van der Waals surface area contributed by atoms with Gasteiger partial charge < -0.3 is 14.1 Å². The highest BCUT2D eigenvalue weighted by atomic mass is 79.9. The number of benzene rings is 1. The molecule has 0 N–H and O–H groups in total. The standard InChI is InChI=1S/C22H24BrClN4O3/c1-11-7-14-17-16(8-15(23)18(14)30-11)25-20(24)26-19(17)27-9-12-5-6-13(10-27)28(12)21(29)31-22(2,3)4/h7-8,12-13H,5-6,9-10H2,1-4H3/t12-,13+. The molecule has 0 aliphatic carbocycles. The van der Waals surface area contributed by atoms with Crippen LogP contribution in [0.25, 0.3) is 21.9 Å². The van der Waals surface area contributed by atoms with Crippen molar-refractivity contribution in [1.82, 2.24) is 14.9 Å². The molecule has 2 fully saturated rings. The van der Waals surface area contributed by atoms with E-state index in [1.807, 2.05) is 44.7 Å². The largest absolute Gasteiger partial charge is 0.460 e. The zero-order chi connectivity index (χ0) is 22.1. The Bertz CT molecular complexity index is 1190. The molecule has 2 aliphatic rings. The molecule has 9 heteroatoms. The Labute approximate surface area is 193 Å². The summed E-state index contributed by atoms with van der Waals surface area (Å²) in [6.45, 7) is 8.96. The lowest BCUT2D eigenvalue weighted by molar-refractivity contribution is 0.0123. The van der Waals surface area contributed by atoms with Crippen LogP contribution in [0.2, 0.25) is 5.28 Å². The number of amides is 1. The van der Waals surface area contributed by atoms with Crippen molar-refractivity contribution in [2.24, 2.45) is 0 Å². The molecule has 0 unspecified atom stereocenters. The number of carbonyl (C=O) groups excluding carboxylic acids is 1. The van der Waals surface area contributed by atoms with Crippen LogP contribution in [0.3, 0.4) is 0 Å². The molecule has 2 atom stereocenters. The molecule has 7 nitrogen and oxygen atoms in total. The number of piperazine rings is 1. The van der Waals surface area contributed by atoms with Crippen molar-refractivity contribution in [3.63, 3.8) is 0 Å². The van der Waals surface area contributed by atoms with Crippen LogP contribution in [0.15, 0.2) is 21.0 Å². The van der Waals surface area contributed by atoms with E-state index in [4.69, 9.17) is 20.8 Å². The van der Waals surface area contributed by atoms with Gasteiger partial charge in [0.25, 0.3) is 0 Å². The number of aromatic nitrogens is 2. The topological polar surface area (TPSA) is 71.7 Å². The number of hydrogen-bond acceptors (Lipinski definition) is 6. The van der Waals surface area contributed by atoms with Crippen molar-refractivity contribution in [2.45, 2.75) is 58.2 Å². The van der Waals surface area contributed by atoms with Crippen LogP contribution in [0.5, 0.6) is 0 Å². The predicted molar refractivity (Wildman–Crippen MR) is 124 cm³/mol. The SMILES string of the molecule is Cc1cc2c(o1)c(Br)cc1nc(Cl)nc(N3C[C@H]4CC[C@@H](C3)N4C(=O)OC(C)(C)C)c12. The van der Waals surface area contributed by atoms with Crippen molar-refractivity contribution >= 4 is 61.3 Å². The maximum absolute atomic E-state index is 12.8. The molecule has 3 aromatic rings. The molecule has 1 aromatic carbocycles. The second-order valence-corrected chi connectivity index (χ2v) is 10.5. The molecule has 0 saturated carbocycles. The molecule has 1 amide bonds. The van der Waals surface area contributed by atoms with Gasteiger partial charge in [0.1, 0.15) is 22.8 Å². The first-order chi connectivity index (χ1) is 14.6. The van der Waals surface area contributed by atoms with E-state index >= 15 is 0 Å². The fourth-order valence-electron chi connectivity index (χ4n) is 4.78. The third-order valence-electron chi connectivity index (χ3n) is 5.88. The molecular weight excluding hydrogens is 484 g/mol. The summed E-state index contributed by atoms with van der Waals surface area (Å²) in [7, 11) is 0. The average molecular weight is 508 g/mol. The van der Waals surface area contributed by atoms with Gasteiger partial charge in [-0.3, -0.25) is 4.90 Å². The number of rotatable bonds is 1. The van der Waals surface area contributed by atoms with Gasteiger partial charge >= 0.3 is 6.09 Å². The van der Waals surface area contributed by atoms with E-state index in [2.05, 4.69) is 30.8 Å². The molecule has 2 aromatic heterocycles. The van der Waals surface area contributed by atoms with Crippen LogP contribution in [-0.2, 0) is 4.74 Å². The van der Waals surface area contributed by atoms with E-state index in [9.17, 15) is 4.79 Å². The van der Waals surface area contributed by atoms with Crippen molar-refractivity contribution in [1.29, 1.82) is 0 Å². The summed E-state index contributed by atoms with van der Waals surface area (Å²) < 4.78 is 12.4. The molecule has 0 spiro atoms. The molecule has 4 heterocycles. The number of carbonyl (C=O) groups is 1. The van der Waals surface area contributed by atoms with Gasteiger partial charge in [0.2, 0.25) is 5.28 Å². The maximum Gasteiger partial charge on any atom is 0.410 e. The summed E-state index contributed by atoms with van der Waals surface area (Å²) in [5, 5.41) is 2.08. The van der Waals surface area contributed by atoms with Gasteiger partial charge in [-0.05, 0) is 80.2 Å². The first-order valence-electron chi connectivity index (χ1n) is 10.4. The van der Waals surface area contributed by atoms with Gasteiger partial charge in [0.05, 0.1) is 27.5 Å². The predicted octanol–water partition coefficient (Wildman–Crippen LogP) is 5.69. The Morgan fingerprint density at radius 1 is 1.23 bits per heavy atom. The lowest BCUT2D eigenvalue weighted by atomic mass is 10.1. The van der Waals surface area contributed by atoms with Crippen LogP contribution in [-0.4, -0.2) is 51.7 Å². The minimum atomic E-state index is -0.512. The number of aryl methyl sites for hydroxylation is 1. The zero-order valence-electron chi connectivity index (χ0n) is 17.9. The minimum absolute atomic E-state index is 0.0782. The normalized spacial score (nSPS) is 21.4. The highest BCUT2D eigenvalue weighted by molar-refractivity contribution is 9.10. The lowest BCUT2D eigenvalue weighted by Crippen LogP contribution is -2.57. The fraction of sp³-hybridized carbons (Fsp3) is 0.500. The van der Waals surface area contributed by atoms with E-state index in [0.717, 1.165) is 50.8 Å². The Morgan fingerprint density at radius 3 is 2.55 bits per heavy atom. The molecule has 164 valence electrons. The number of nitrogens with zero attached hydrogens (tertiary/aromatic N) is 4. The van der Waals surface area contributed by atoms with Gasteiger partial charge in [-0.1, -0.05) is 0 Å². The Kier molecular flexibility index (Phi) is 4.86. The lowest BCUT2D eigenvalue weighted by Gasteiger charge is -2.42. The number of halogens is 2. The van der Waals surface area contributed by atoms with Crippen molar-refractivity contribution < 1.29 is 13.9 Å². The van der Waals surface area contributed by atoms with Crippen LogP contribution in [0, 0.1) is 6.92 Å². The summed E-state index contributed by atoms with van der Waals surface area (Å²) in [5.74, 6) is 1.60. The first-order valence-corrected chi connectivity index (χ1v) is 11.6. The fourth-order valence-corrected chi connectivity index (χ4v) is 5.46. The Hall–Kier alpha value is -2.06. The van der Waals surface area contributed by atoms with Crippen LogP contribution in [0.4, 0.5) is 10.6 Å². The molecular formula is C22H24BrClN4O3. The molecule has 0 radical (unpaired) electrons. The summed E-state index contributed by atoms with van der Waals surface area (Å²) in [4.78, 5) is 26.1. The second-order valence-electron chi connectivity index (χ2n) is 9.35. The maximum atomic E-state index is 12.8. The van der Waals surface area contributed by atoms with Gasteiger partial charge in [0.15, 0.2) is 0 Å². The van der Waals surface area contributed by atoms with Gasteiger partial charge in [-0.2, -0.15) is 4.98 Å². The number of furan rings is 1. The van der Waals surface area contributed by atoms with Crippen LogP contribution < -0.4 is 4.90 Å². The van der Waals surface area contributed by atoms with Crippen LogP contribution >= 0.6 is 27.5 Å². The zero-order valence-corrected chi connectivity index (χ0v) is 20.2. The number of fused-ring (bicyclic) bond motifs is 5. The summed E-state index contributed by atoms with van der Waals surface area (Å²) in [6.07, 6.45) is 1.66. The van der Waals surface area contributed by atoms with Crippen molar-refractivity contribution in [2.75, 3.05) is 18.0 Å². The monoisotopic (exact) mass is 506 g/mol. The van der Waals surface area contributed by atoms with Gasteiger partial charge in [-0.25, -0.2) is 9.78 Å². The third-order valence-corrected chi connectivity index (χ3v) is 6.64. The van der Waals surface area contributed by atoms with E-state index < -0.39 is 5.60 Å². The van der Waals surface area contributed by atoms with E-state index in [0.29, 0.717) is 13.1 Å². The van der Waals surface area contributed by atoms with E-state index in [1.165, 1.54) is 0 Å². The van der Waals surface area contributed by atoms with Gasteiger partial charge in [0, 0.05) is 18.5 Å².